The van der Waals surface area contributed by atoms with Gasteiger partial charge in [-0.15, -0.1) is 0 Å². The van der Waals surface area contributed by atoms with E-state index in [2.05, 4.69) is 17.1 Å². The number of benzene rings is 2. The van der Waals surface area contributed by atoms with Crippen LogP contribution >= 0.6 is 11.6 Å². The van der Waals surface area contributed by atoms with Gasteiger partial charge in [-0.05, 0) is 50.8 Å². The van der Waals surface area contributed by atoms with E-state index in [1.54, 1.807) is 4.90 Å². The van der Waals surface area contributed by atoms with Gasteiger partial charge in [-0.2, -0.15) is 0 Å². The lowest BCUT2D eigenvalue weighted by Gasteiger charge is -2.44. The van der Waals surface area contributed by atoms with Crippen LogP contribution in [0.5, 0.6) is 0 Å². The summed E-state index contributed by atoms with van der Waals surface area (Å²) in [6.45, 7) is 5.44. The van der Waals surface area contributed by atoms with Crippen LogP contribution in [0.3, 0.4) is 0 Å². The fourth-order valence-corrected chi connectivity index (χ4v) is 4.10. The maximum Gasteiger partial charge on any atom is 0.245 e. The molecule has 6 N–H and O–H groups in total. The van der Waals surface area contributed by atoms with E-state index in [-0.39, 0.29) is 30.4 Å². The van der Waals surface area contributed by atoms with E-state index in [9.17, 15) is 9.59 Å². The lowest BCUT2D eigenvalue weighted by Crippen LogP contribution is -2.63. The molecule has 9 heteroatoms. The summed E-state index contributed by atoms with van der Waals surface area (Å²) in [6, 6.07) is 17.2. The molecule has 1 fully saturated rings. The Morgan fingerprint density at radius 1 is 1.11 bits per heavy atom. The Hall–Kier alpha value is -3.10. The molecule has 1 unspecified atom stereocenters. The number of piperazine rings is 1. The molecule has 0 aliphatic carbocycles. The number of hydrogen-bond acceptors (Lipinski definition) is 4. The fourth-order valence-electron chi connectivity index (χ4n) is 3.98. The smallest absolute Gasteiger partial charge is 0.245 e. The molecule has 1 aliphatic rings. The van der Waals surface area contributed by atoms with Gasteiger partial charge in [0.25, 0.3) is 0 Å². The highest BCUT2D eigenvalue weighted by Gasteiger charge is 2.39. The van der Waals surface area contributed by atoms with Crippen molar-refractivity contribution in [2.24, 2.45) is 22.2 Å². The number of rotatable bonds is 8. The maximum absolute atomic E-state index is 13.1. The van der Waals surface area contributed by atoms with Crippen molar-refractivity contribution in [3.63, 3.8) is 0 Å². The van der Waals surface area contributed by atoms with Crippen LogP contribution in [0.1, 0.15) is 30.9 Å². The Balaban J connectivity index is 0.000000456. The molecule has 8 nitrogen and oxygen atoms in total. The molecule has 1 aliphatic heterocycles. The zero-order valence-electron chi connectivity index (χ0n) is 20.6. The number of halogens is 1. The predicted octanol–water partition coefficient (Wildman–Crippen LogP) is 2.32. The van der Waals surface area contributed by atoms with E-state index < -0.39 is 6.04 Å². The van der Waals surface area contributed by atoms with Gasteiger partial charge in [0.05, 0.1) is 6.54 Å². The van der Waals surface area contributed by atoms with Crippen LogP contribution < -0.4 is 17.2 Å². The van der Waals surface area contributed by atoms with Gasteiger partial charge in [-0.1, -0.05) is 59.6 Å². The third kappa shape index (κ3) is 9.22. The number of aliphatic imine (C=N–C) groups is 1. The zero-order chi connectivity index (χ0) is 25.8. The highest BCUT2D eigenvalue weighted by atomic mass is 35.5. The number of nitrogens with zero attached hydrogens (tertiary/aromatic N) is 3. The first kappa shape index (κ1) is 28.1. The molecule has 2 atom stereocenters. The van der Waals surface area contributed by atoms with E-state index in [1.165, 1.54) is 11.1 Å². The van der Waals surface area contributed by atoms with Gasteiger partial charge in [0.2, 0.25) is 11.8 Å². The minimum absolute atomic E-state index is 0.0259. The third-order valence-corrected chi connectivity index (χ3v) is 6.11. The van der Waals surface area contributed by atoms with Crippen molar-refractivity contribution in [2.75, 3.05) is 26.2 Å². The average molecular weight is 501 g/mol. The average Bonchev–Trinajstić information content (AvgIpc) is 2.84. The summed E-state index contributed by atoms with van der Waals surface area (Å²) in [5.41, 5.74) is 18.7. The Labute approximate surface area is 213 Å². The Morgan fingerprint density at radius 2 is 1.77 bits per heavy atom. The molecule has 2 amide bonds. The molecule has 0 radical (unpaired) electrons. The molecule has 35 heavy (non-hydrogen) atoms. The summed E-state index contributed by atoms with van der Waals surface area (Å²) in [7, 11) is 0. The van der Waals surface area contributed by atoms with E-state index in [0.717, 1.165) is 11.4 Å². The van der Waals surface area contributed by atoms with E-state index in [0.29, 0.717) is 32.5 Å². The number of hydrogen-bond donors (Lipinski definition) is 3. The molecular formula is C26H37ClN6O2. The van der Waals surface area contributed by atoms with E-state index in [4.69, 9.17) is 28.8 Å². The second-order valence-corrected chi connectivity index (χ2v) is 9.06. The summed E-state index contributed by atoms with van der Waals surface area (Å²) in [6.07, 6.45) is 1.90. The van der Waals surface area contributed by atoms with E-state index >= 15 is 0 Å². The Bertz CT molecular complexity index is 943. The SMILES string of the molecule is C[C@@H]1CN(C(=O)CN)C(CCCN=C(N)N)C(=O)N1CCc1ccccc1.Cc1ccc(Cl)cc1. The van der Waals surface area contributed by atoms with Crippen molar-refractivity contribution in [3.8, 4) is 0 Å². The molecule has 0 aromatic heterocycles. The van der Waals surface area contributed by atoms with Crippen LogP contribution in [-0.2, 0) is 16.0 Å². The molecule has 2 aromatic rings. The van der Waals surface area contributed by atoms with Gasteiger partial charge in [-0.3, -0.25) is 14.6 Å². The molecule has 0 bridgehead atoms. The Morgan fingerprint density at radius 3 is 2.34 bits per heavy atom. The van der Waals surface area contributed by atoms with Gasteiger partial charge in [-0.25, -0.2) is 0 Å². The largest absolute Gasteiger partial charge is 0.370 e. The normalized spacial score (nSPS) is 17.4. The first-order valence-corrected chi connectivity index (χ1v) is 12.2. The van der Waals surface area contributed by atoms with Crippen molar-refractivity contribution in [1.82, 2.24) is 9.80 Å². The van der Waals surface area contributed by atoms with E-state index in [1.807, 2.05) is 61.2 Å². The van der Waals surface area contributed by atoms with Gasteiger partial charge < -0.3 is 27.0 Å². The monoisotopic (exact) mass is 500 g/mol. The minimum Gasteiger partial charge on any atom is -0.370 e. The zero-order valence-corrected chi connectivity index (χ0v) is 21.3. The van der Waals surface area contributed by atoms with Crippen LogP contribution in [0.25, 0.3) is 0 Å². The topological polar surface area (TPSA) is 131 Å². The highest BCUT2D eigenvalue weighted by Crippen LogP contribution is 2.21. The molecule has 0 saturated carbocycles. The van der Waals surface area contributed by atoms with Crippen molar-refractivity contribution >= 4 is 29.4 Å². The second kappa shape index (κ2) is 14.3. The standard InChI is InChI=1S/C19H30N6O2.C7H7Cl/c1-14-13-25(17(26)12-20)16(8-5-10-23-19(21)22)18(27)24(14)11-9-15-6-3-2-4-7-15;1-6-2-4-7(8)5-3-6/h2-4,6-7,14,16H,5,8-13,20H2,1H3,(H4,21,22,23);2-5H,1H3/t14-,16?;/m1./s1. The molecule has 190 valence electrons. The molecular weight excluding hydrogens is 464 g/mol. The summed E-state index contributed by atoms with van der Waals surface area (Å²) < 4.78 is 0. The lowest BCUT2D eigenvalue weighted by atomic mass is 10.0. The number of aryl methyl sites for hydroxylation is 1. The number of carbonyl (C=O) groups is 2. The number of carbonyl (C=O) groups excluding carboxylic acids is 2. The molecule has 3 rings (SSSR count). The summed E-state index contributed by atoms with van der Waals surface area (Å²) in [4.78, 5) is 32.8. The Kier molecular flexibility index (Phi) is 11.5. The van der Waals surface area contributed by atoms with Gasteiger partial charge >= 0.3 is 0 Å². The van der Waals surface area contributed by atoms with Crippen molar-refractivity contribution in [3.05, 3.63) is 70.7 Å². The predicted molar refractivity (Wildman–Crippen MR) is 142 cm³/mol. The van der Waals surface area contributed by atoms with Gasteiger partial charge in [0.1, 0.15) is 6.04 Å². The number of amides is 2. The first-order valence-electron chi connectivity index (χ1n) is 11.8. The van der Waals surface area contributed by atoms with Crippen LogP contribution in [-0.4, -0.2) is 65.8 Å². The number of nitrogens with two attached hydrogens (primary N) is 3. The van der Waals surface area contributed by atoms with Crippen LogP contribution in [0, 0.1) is 6.92 Å². The lowest BCUT2D eigenvalue weighted by molar-refractivity contribution is -0.154. The molecule has 1 heterocycles. The van der Waals surface area contributed by atoms with Crippen molar-refractivity contribution in [1.29, 1.82) is 0 Å². The molecule has 1 saturated heterocycles. The first-order chi connectivity index (χ1) is 16.7. The summed E-state index contributed by atoms with van der Waals surface area (Å²) in [5, 5.41) is 0.801. The highest BCUT2D eigenvalue weighted by molar-refractivity contribution is 6.30. The molecule has 2 aromatic carbocycles. The summed E-state index contributed by atoms with van der Waals surface area (Å²) in [5.74, 6) is -0.209. The van der Waals surface area contributed by atoms with Crippen LogP contribution in [0.15, 0.2) is 59.6 Å². The van der Waals surface area contributed by atoms with Gasteiger partial charge in [0, 0.05) is 30.7 Å². The third-order valence-electron chi connectivity index (χ3n) is 5.86. The quantitative estimate of drug-likeness (QED) is 0.291. The maximum atomic E-state index is 13.1. The van der Waals surface area contributed by atoms with Gasteiger partial charge in [0.15, 0.2) is 5.96 Å². The number of guanidine groups is 1. The minimum atomic E-state index is -0.512. The van der Waals surface area contributed by atoms with Crippen LogP contribution in [0.4, 0.5) is 0 Å². The van der Waals surface area contributed by atoms with Crippen molar-refractivity contribution in [2.45, 2.75) is 45.2 Å². The molecule has 0 spiro atoms. The second-order valence-electron chi connectivity index (χ2n) is 8.63. The van der Waals surface area contributed by atoms with Crippen LogP contribution in [0.2, 0.25) is 5.02 Å². The summed E-state index contributed by atoms with van der Waals surface area (Å²) >= 11 is 5.61. The van der Waals surface area contributed by atoms with Crippen molar-refractivity contribution < 1.29 is 9.59 Å². The fraction of sp³-hybridized carbons (Fsp3) is 0.423.